The average Bonchev–Trinajstić information content (AvgIpc) is 2.81. The lowest BCUT2D eigenvalue weighted by Crippen LogP contribution is -2.15. The normalized spacial score (nSPS) is 10.7. The van der Waals surface area contributed by atoms with E-state index in [0.717, 1.165) is 10.6 Å². The number of aromatic nitrogens is 2. The molecular weight excluding hydrogens is 458 g/mol. The van der Waals surface area contributed by atoms with Gasteiger partial charge in [-0.2, -0.15) is 0 Å². The Kier molecular flexibility index (Phi) is 7.47. The van der Waals surface area contributed by atoms with Crippen LogP contribution < -0.4 is 5.32 Å². The third-order valence-corrected chi connectivity index (χ3v) is 6.83. The minimum absolute atomic E-state index is 0.271. The van der Waals surface area contributed by atoms with E-state index in [1.807, 2.05) is 66.7 Å². The molecule has 4 aromatic rings. The van der Waals surface area contributed by atoms with Crippen molar-refractivity contribution < 1.29 is 4.79 Å². The van der Waals surface area contributed by atoms with E-state index in [9.17, 15) is 4.79 Å². The highest BCUT2D eigenvalue weighted by Crippen LogP contribution is 2.32. The van der Waals surface area contributed by atoms with Crippen molar-refractivity contribution in [1.29, 1.82) is 0 Å². The van der Waals surface area contributed by atoms with Crippen molar-refractivity contribution in [2.45, 2.75) is 27.6 Å². The van der Waals surface area contributed by atoms with Crippen molar-refractivity contribution in [2.75, 3.05) is 5.32 Å². The smallest absolute Gasteiger partial charge is 0.275 e. The van der Waals surface area contributed by atoms with Gasteiger partial charge in [-0.15, -0.1) is 0 Å². The number of rotatable bonds is 7. The highest BCUT2D eigenvalue weighted by atomic mass is 35.5. The summed E-state index contributed by atoms with van der Waals surface area (Å²) in [5.74, 6) is 0.462. The first-order valence-electron chi connectivity index (χ1n) is 9.92. The van der Waals surface area contributed by atoms with E-state index in [1.54, 1.807) is 6.20 Å². The second kappa shape index (κ2) is 10.7. The maximum absolute atomic E-state index is 13.1. The SMILES string of the molecule is Cc1ccccc1CSc1ncc(Sc2ccc(Cl)cc2)c(C(=O)Nc2ccccc2)n1. The van der Waals surface area contributed by atoms with E-state index in [4.69, 9.17) is 11.6 Å². The molecule has 0 aliphatic heterocycles. The van der Waals surface area contributed by atoms with Crippen molar-refractivity contribution >= 4 is 46.7 Å². The van der Waals surface area contributed by atoms with E-state index >= 15 is 0 Å². The number of para-hydroxylation sites is 1. The second-order valence-corrected chi connectivity index (χ2v) is 9.45. The molecule has 1 aromatic heterocycles. The van der Waals surface area contributed by atoms with Gasteiger partial charge in [0.05, 0.1) is 4.90 Å². The zero-order valence-electron chi connectivity index (χ0n) is 17.3. The maximum Gasteiger partial charge on any atom is 0.275 e. The van der Waals surface area contributed by atoms with Crippen molar-refractivity contribution in [1.82, 2.24) is 9.97 Å². The van der Waals surface area contributed by atoms with Crippen LogP contribution >= 0.6 is 35.1 Å². The van der Waals surface area contributed by atoms with E-state index < -0.39 is 0 Å². The minimum atomic E-state index is -0.271. The highest BCUT2D eigenvalue weighted by Gasteiger charge is 2.17. The molecule has 0 aliphatic carbocycles. The Morgan fingerprint density at radius 2 is 1.69 bits per heavy atom. The molecule has 0 bridgehead atoms. The van der Waals surface area contributed by atoms with Crippen LogP contribution in [0.2, 0.25) is 5.02 Å². The lowest BCUT2D eigenvalue weighted by Gasteiger charge is -2.11. The molecule has 0 fully saturated rings. The Morgan fingerprint density at radius 3 is 2.44 bits per heavy atom. The number of anilines is 1. The maximum atomic E-state index is 13.1. The minimum Gasteiger partial charge on any atom is -0.321 e. The first kappa shape index (κ1) is 22.4. The largest absolute Gasteiger partial charge is 0.321 e. The number of hydrogen-bond donors (Lipinski definition) is 1. The van der Waals surface area contributed by atoms with Crippen LogP contribution in [0.4, 0.5) is 5.69 Å². The lowest BCUT2D eigenvalue weighted by atomic mass is 10.1. The molecule has 7 heteroatoms. The molecule has 1 N–H and O–H groups in total. The standard InChI is InChI=1S/C25H20ClN3OS2/c1-17-7-5-6-8-18(17)16-31-25-27-15-22(32-21-13-11-19(26)12-14-21)23(29-25)24(30)28-20-9-3-2-4-10-20/h2-15H,16H2,1H3,(H,28,30). The lowest BCUT2D eigenvalue weighted by molar-refractivity contribution is 0.101. The summed E-state index contributed by atoms with van der Waals surface area (Å²) < 4.78 is 0. The highest BCUT2D eigenvalue weighted by molar-refractivity contribution is 7.99. The Bertz CT molecular complexity index is 1220. The van der Waals surface area contributed by atoms with Crippen LogP contribution in [0.15, 0.2) is 100 Å². The van der Waals surface area contributed by atoms with Gasteiger partial charge >= 0.3 is 0 Å². The predicted molar refractivity (Wildman–Crippen MR) is 133 cm³/mol. The Balaban J connectivity index is 1.60. The summed E-state index contributed by atoms with van der Waals surface area (Å²) >= 11 is 8.95. The Morgan fingerprint density at radius 1 is 0.969 bits per heavy atom. The number of carbonyl (C=O) groups excluding carboxylic acids is 1. The molecule has 0 radical (unpaired) electrons. The molecule has 1 heterocycles. The van der Waals surface area contributed by atoms with Gasteiger partial charge in [-0.1, -0.05) is 77.6 Å². The van der Waals surface area contributed by atoms with Gasteiger partial charge in [0.1, 0.15) is 5.69 Å². The fourth-order valence-electron chi connectivity index (χ4n) is 2.92. The molecule has 0 spiro atoms. The van der Waals surface area contributed by atoms with Crippen LogP contribution in [-0.2, 0) is 5.75 Å². The van der Waals surface area contributed by atoms with Gasteiger partial charge in [0.2, 0.25) is 0 Å². The van der Waals surface area contributed by atoms with Gasteiger partial charge in [0.15, 0.2) is 5.16 Å². The van der Waals surface area contributed by atoms with Gasteiger partial charge in [-0.05, 0) is 54.4 Å². The first-order valence-corrected chi connectivity index (χ1v) is 12.1. The number of hydrogen-bond acceptors (Lipinski definition) is 5. The first-order chi connectivity index (χ1) is 15.6. The molecule has 1 amide bonds. The number of amides is 1. The number of aryl methyl sites for hydroxylation is 1. The molecule has 3 aromatic carbocycles. The number of nitrogens with zero attached hydrogens (tertiary/aromatic N) is 2. The molecule has 32 heavy (non-hydrogen) atoms. The van der Waals surface area contributed by atoms with Gasteiger partial charge in [0.25, 0.3) is 5.91 Å². The summed E-state index contributed by atoms with van der Waals surface area (Å²) in [4.78, 5) is 23.9. The van der Waals surface area contributed by atoms with E-state index in [-0.39, 0.29) is 5.91 Å². The second-order valence-electron chi connectivity index (χ2n) is 6.96. The third-order valence-electron chi connectivity index (χ3n) is 4.64. The Hall–Kier alpha value is -2.80. The quantitative estimate of drug-likeness (QED) is 0.226. The number of thioether (sulfide) groups is 1. The van der Waals surface area contributed by atoms with Crippen LogP contribution in [0.5, 0.6) is 0 Å². The summed E-state index contributed by atoms with van der Waals surface area (Å²) in [6.45, 7) is 2.08. The summed E-state index contributed by atoms with van der Waals surface area (Å²) in [6.07, 6.45) is 1.71. The summed E-state index contributed by atoms with van der Waals surface area (Å²) in [5, 5.41) is 4.16. The average molecular weight is 478 g/mol. The molecule has 4 nitrogen and oxygen atoms in total. The van der Waals surface area contributed by atoms with Gasteiger partial charge in [0, 0.05) is 27.6 Å². The van der Waals surface area contributed by atoms with Crippen molar-refractivity contribution in [3.05, 3.63) is 107 Å². The molecule has 0 saturated heterocycles. The third kappa shape index (κ3) is 5.91. The van der Waals surface area contributed by atoms with Gasteiger partial charge < -0.3 is 5.32 Å². The molecule has 0 aliphatic rings. The molecular formula is C25H20ClN3OS2. The summed E-state index contributed by atoms with van der Waals surface area (Å²) in [7, 11) is 0. The van der Waals surface area contributed by atoms with Gasteiger partial charge in [-0.25, -0.2) is 9.97 Å². The molecule has 160 valence electrons. The van der Waals surface area contributed by atoms with E-state index in [0.29, 0.717) is 26.5 Å². The summed E-state index contributed by atoms with van der Waals surface area (Å²) in [6, 6.07) is 25.0. The monoisotopic (exact) mass is 477 g/mol. The van der Waals surface area contributed by atoms with Crippen LogP contribution in [0.25, 0.3) is 0 Å². The van der Waals surface area contributed by atoms with Gasteiger partial charge in [-0.3, -0.25) is 4.79 Å². The molecule has 0 unspecified atom stereocenters. The predicted octanol–water partition coefficient (Wildman–Crippen LogP) is 7.13. The van der Waals surface area contributed by atoms with Crippen LogP contribution in [0.1, 0.15) is 21.6 Å². The topological polar surface area (TPSA) is 54.9 Å². The number of nitrogens with one attached hydrogen (secondary N) is 1. The van der Waals surface area contributed by atoms with Crippen molar-refractivity contribution in [3.8, 4) is 0 Å². The molecule has 4 rings (SSSR count). The zero-order chi connectivity index (χ0) is 22.3. The van der Waals surface area contributed by atoms with Crippen LogP contribution in [0.3, 0.4) is 0 Å². The molecule has 0 saturated carbocycles. The molecule has 0 atom stereocenters. The van der Waals surface area contributed by atoms with E-state index in [2.05, 4.69) is 34.3 Å². The number of carbonyl (C=O) groups is 1. The van der Waals surface area contributed by atoms with Crippen LogP contribution in [-0.4, -0.2) is 15.9 Å². The van der Waals surface area contributed by atoms with Crippen LogP contribution in [0, 0.1) is 6.92 Å². The number of halogens is 1. The summed E-state index contributed by atoms with van der Waals surface area (Å²) in [5.41, 5.74) is 3.50. The van der Waals surface area contributed by atoms with E-state index in [1.165, 1.54) is 34.7 Å². The fraction of sp³-hybridized carbons (Fsp3) is 0.0800. The zero-order valence-corrected chi connectivity index (χ0v) is 19.7. The van der Waals surface area contributed by atoms with Crippen molar-refractivity contribution in [3.63, 3.8) is 0 Å². The van der Waals surface area contributed by atoms with Crippen molar-refractivity contribution in [2.24, 2.45) is 0 Å². The number of benzene rings is 3. The fourth-order valence-corrected chi connectivity index (χ4v) is 4.80. The Labute approximate surface area is 200 Å².